The quantitative estimate of drug-likeness (QED) is 0.787. The summed E-state index contributed by atoms with van der Waals surface area (Å²) in [7, 11) is 0. The molecule has 1 aliphatic heterocycles. The maximum atomic E-state index is 13.7. The fraction of sp³-hybridized carbons (Fsp3) is 0.211. The number of hydrogen-bond acceptors (Lipinski definition) is 4. The number of nitrogens with zero attached hydrogens (tertiary/aromatic N) is 4. The molecular weight excluding hydrogens is 333 g/mol. The van der Waals surface area contributed by atoms with Crippen LogP contribution in [-0.2, 0) is 0 Å². The van der Waals surface area contributed by atoms with E-state index in [2.05, 4.69) is 16.1 Å². The summed E-state index contributed by atoms with van der Waals surface area (Å²) in [6.45, 7) is 0.536. The van der Waals surface area contributed by atoms with Crippen LogP contribution in [0, 0.1) is 23.1 Å². The molecule has 130 valence electrons. The summed E-state index contributed by atoms with van der Waals surface area (Å²) in [4.78, 5) is 13.7. The zero-order valence-corrected chi connectivity index (χ0v) is 13.8. The minimum atomic E-state index is -0.546. The molecule has 2 unspecified atom stereocenters. The molecule has 6 nitrogen and oxygen atoms in total. The van der Waals surface area contributed by atoms with Crippen LogP contribution in [0.3, 0.4) is 0 Å². The monoisotopic (exact) mass is 349 g/mol. The van der Waals surface area contributed by atoms with Crippen molar-refractivity contribution in [3.63, 3.8) is 0 Å². The first-order valence-electron chi connectivity index (χ1n) is 8.25. The second-order valence-electron chi connectivity index (χ2n) is 6.42. The van der Waals surface area contributed by atoms with Crippen LogP contribution in [0.1, 0.15) is 28.4 Å². The number of pyridine rings is 1. The van der Waals surface area contributed by atoms with Crippen LogP contribution >= 0.6 is 0 Å². The van der Waals surface area contributed by atoms with Crippen LogP contribution in [0.2, 0.25) is 0 Å². The minimum absolute atomic E-state index is 0.113. The second kappa shape index (κ2) is 6.15. The van der Waals surface area contributed by atoms with E-state index in [1.54, 1.807) is 16.8 Å². The smallest absolute Gasteiger partial charge is 0.252 e. The first kappa shape index (κ1) is 16.1. The molecule has 1 aromatic carbocycles. The van der Waals surface area contributed by atoms with Crippen LogP contribution in [0.4, 0.5) is 10.1 Å². The highest BCUT2D eigenvalue weighted by molar-refractivity contribution is 5.99. The van der Waals surface area contributed by atoms with E-state index in [1.165, 1.54) is 18.3 Å². The summed E-state index contributed by atoms with van der Waals surface area (Å²) in [5, 5.41) is 13.5. The van der Waals surface area contributed by atoms with Crippen LogP contribution in [-0.4, -0.2) is 22.1 Å². The summed E-state index contributed by atoms with van der Waals surface area (Å²) in [6.07, 6.45) is 3.81. The van der Waals surface area contributed by atoms with E-state index < -0.39 is 5.91 Å². The Kier molecular flexibility index (Phi) is 3.81. The Balaban J connectivity index is 1.79. The van der Waals surface area contributed by atoms with E-state index in [4.69, 9.17) is 5.73 Å². The first-order chi connectivity index (χ1) is 12.6. The van der Waals surface area contributed by atoms with Gasteiger partial charge in [0.15, 0.2) is 0 Å². The van der Waals surface area contributed by atoms with Gasteiger partial charge in [-0.1, -0.05) is 12.1 Å². The van der Waals surface area contributed by atoms with Gasteiger partial charge in [-0.15, -0.1) is 0 Å². The number of nitrogens with two attached hydrogens (primary N) is 1. The number of hydrogen-bond donors (Lipinski definition) is 1. The molecule has 0 spiro atoms. The normalized spacial score (nSPS) is 19.6. The molecule has 0 bridgehead atoms. The molecule has 26 heavy (non-hydrogen) atoms. The highest BCUT2D eigenvalue weighted by atomic mass is 19.1. The topological polar surface area (TPSA) is 87.4 Å². The van der Waals surface area contributed by atoms with Gasteiger partial charge in [0, 0.05) is 18.4 Å². The van der Waals surface area contributed by atoms with Gasteiger partial charge in [-0.2, -0.15) is 10.4 Å². The molecule has 3 heterocycles. The van der Waals surface area contributed by atoms with E-state index in [9.17, 15) is 14.4 Å². The van der Waals surface area contributed by atoms with E-state index in [0.717, 1.165) is 11.3 Å². The van der Waals surface area contributed by atoms with Gasteiger partial charge in [0.2, 0.25) is 0 Å². The number of rotatable bonds is 3. The molecule has 1 saturated heterocycles. The number of nitriles is 1. The van der Waals surface area contributed by atoms with E-state index >= 15 is 0 Å². The third kappa shape index (κ3) is 2.65. The zero-order valence-electron chi connectivity index (χ0n) is 13.8. The van der Waals surface area contributed by atoms with Crippen molar-refractivity contribution in [3.05, 3.63) is 65.7 Å². The predicted molar refractivity (Wildman–Crippen MR) is 93.9 cm³/mol. The van der Waals surface area contributed by atoms with Crippen molar-refractivity contribution >= 4 is 17.1 Å². The van der Waals surface area contributed by atoms with Crippen LogP contribution < -0.4 is 10.6 Å². The van der Waals surface area contributed by atoms with Gasteiger partial charge in [-0.05, 0) is 36.2 Å². The lowest BCUT2D eigenvalue weighted by molar-refractivity contribution is 0.100. The highest BCUT2D eigenvalue weighted by Crippen LogP contribution is 2.39. The number of amides is 1. The van der Waals surface area contributed by atoms with E-state index in [1.807, 2.05) is 18.2 Å². The van der Waals surface area contributed by atoms with Crippen molar-refractivity contribution in [3.8, 4) is 6.07 Å². The van der Waals surface area contributed by atoms with Gasteiger partial charge in [0.1, 0.15) is 5.82 Å². The minimum Gasteiger partial charge on any atom is -0.365 e. The standard InChI is InChI=1S/C19H16FN5O/c20-14-3-1-2-13(7-14)17-6-12(9-21)11-24(17)15-4-5-25-18(8-15)16(10-23-25)19(22)26/h1-5,7-8,10,12,17H,6,11H2,(H2,22,26). The zero-order chi connectivity index (χ0) is 18.3. The van der Waals surface area contributed by atoms with Gasteiger partial charge in [-0.25, -0.2) is 8.91 Å². The largest absolute Gasteiger partial charge is 0.365 e. The maximum absolute atomic E-state index is 13.7. The number of halogens is 1. The van der Waals surface area contributed by atoms with Crippen molar-refractivity contribution < 1.29 is 9.18 Å². The second-order valence-corrected chi connectivity index (χ2v) is 6.42. The molecule has 7 heteroatoms. The Morgan fingerprint density at radius 3 is 2.92 bits per heavy atom. The average molecular weight is 349 g/mol. The lowest BCUT2D eigenvalue weighted by Crippen LogP contribution is -2.23. The first-order valence-corrected chi connectivity index (χ1v) is 8.25. The molecule has 2 N–H and O–H groups in total. The van der Waals surface area contributed by atoms with Gasteiger partial charge in [-0.3, -0.25) is 4.79 Å². The van der Waals surface area contributed by atoms with E-state index in [-0.39, 0.29) is 17.8 Å². The maximum Gasteiger partial charge on any atom is 0.252 e. The number of carbonyl (C=O) groups is 1. The van der Waals surface area contributed by atoms with Crippen molar-refractivity contribution in [2.45, 2.75) is 12.5 Å². The summed E-state index contributed by atoms with van der Waals surface area (Å²) in [5.41, 5.74) is 8.02. The number of benzene rings is 1. The third-order valence-corrected chi connectivity index (χ3v) is 4.82. The Bertz CT molecular complexity index is 1040. The number of carbonyl (C=O) groups excluding carboxylic acids is 1. The van der Waals surface area contributed by atoms with Gasteiger partial charge < -0.3 is 10.6 Å². The lowest BCUT2D eigenvalue weighted by atomic mass is 10.0. The van der Waals surface area contributed by atoms with Crippen molar-refractivity contribution in [1.82, 2.24) is 9.61 Å². The van der Waals surface area contributed by atoms with Gasteiger partial charge in [0.25, 0.3) is 5.91 Å². The Hall–Kier alpha value is -3.40. The molecule has 2 aromatic heterocycles. The van der Waals surface area contributed by atoms with Gasteiger partial charge >= 0.3 is 0 Å². The molecule has 0 radical (unpaired) electrons. The molecule has 1 amide bonds. The molecule has 1 aliphatic rings. The molecule has 0 aliphatic carbocycles. The third-order valence-electron chi connectivity index (χ3n) is 4.82. The van der Waals surface area contributed by atoms with Crippen LogP contribution in [0.5, 0.6) is 0 Å². The number of anilines is 1. The highest BCUT2D eigenvalue weighted by Gasteiger charge is 2.33. The number of aromatic nitrogens is 2. The SMILES string of the molecule is N#CC1CC(c2cccc(F)c2)N(c2ccn3ncc(C(N)=O)c3c2)C1. The Morgan fingerprint density at radius 1 is 1.35 bits per heavy atom. The Labute approximate surface area is 149 Å². The van der Waals surface area contributed by atoms with Crippen LogP contribution in [0.15, 0.2) is 48.8 Å². The fourth-order valence-electron chi connectivity index (χ4n) is 3.58. The average Bonchev–Trinajstić information content (AvgIpc) is 3.25. The van der Waals surface area contributed by atoms with Crippen molar-refractivity contribution in [2.24, 2.45) is 11.7 Å². The summed E-state index contributed by atoms with van der Waals surface area (Å²) in [5.74, 6) is -1.000. The molecular formula is C19H16FN5O. The van der Waals surface area contributed by atoms with Crippen molar-refractivity contribution in [2.75, 3.05) is 11.4 Å². The molecule has 3 aromatic rings. The molecule has 1 fully saturated rings. The van der Waals surface area contributed by atoms with Crippen molar-refractivity contribution in [1.29, 1.82) is 5.26 Å². The number of fused-ring (bicyclic) bond motifs is 1. The number of primary amides is 1. The van der Waals surface area contributed by atoms with Crippen LogP contribution in [0.25, 0.3) is 5.52 Å². The fourth-order valence-corrected chi connectivity index (χ4v) is 3.58. The molecule has 4 rings (SSSR count). The molecule has 0 saturated carbocycles. The molecule has 2 atom stereocenters. The lowest BCUT2D eigenvalue weighted by Gasteiger charge is -2.27. The Morgan fingerprint density at radius 2 is 2.19 bits per heavy atom. The summed E-state index contributed by atoms with van der Waals surface area (Å²) < 4.78 is 15.3. The van der Waals surface area contributed by atoms with Gasteiger partial charge in [0.05, 0.1) is 35.3 Å². The van der Waals surface area contributed by atoms with E-state index in [0.29, 0.717) is 24.0 Å². The summed E-state index contributed by atoms with van der Waals surface area (Å²) >= 11 is 0. The summed E-state index contributed by atoms with van der Waals surface area (Å²) in [6, 6.07) is 12.4. The predicted octanol–water partition coefficient (Wildman–Crippen LogP) is 2.66.